The predicted molar refractivity (Wildman–Crippen MR) is 128 cm³/mol. The van der Waals surface area contributed by atoms with Crippen molar-refractivity contribution in [3.05, 3.63) is 72.1 Å². The van der Waals surface area contributed by atoms with Gasteiger partial charge in [-0.3, -0.25) is 9.37 Å². The zero-order valence-electron chi connectivity index (χ0n) is 18.9. The van der Waals surface area contributed by atoms with Crippen molar-refractivity contribution in [1.82, 2.24) is 10.3 Å². The van der Waals surface area contributed by atoms with Gasteiger partial charge in [0.05, 0.1) is 13.3 Å². The summed E-state index contributed by atoms with van der Waals surface area (Å²) in [5.74, 6) is 0.972. The smallest absolute Gasteiger partial charge is 0.120 e. The lowest BCUT2D eigenvalue weighted by molar-refractivity contribution is -0.0987. The van der Waals surface area contributed by atoms with Crippen molar-refractivity contribution < 1.29 is 18.7 Å². The number of halogens is 1. The number of hydrogen-bond donors (Lipinski definition) is 1. The maximum Gasteiger partial charge on any atom is 0.120 e. The number of hydrogen-bond acceptors (Lipinski definition) is 5. The van der Waals surface area contributed by atoms with Crippen molar-refractivity contribution >= 4 is 24.4 Å². The van der Waals surface area contributed by atoms with Crippen LogP contribution in [-0.4, -0.2) is 37.9 Å². The Morgan fingerprint density at radius 2 is 1.59 bits per heavy atom. The summed E-state index contributed by atoms with van der Waals surface area (Å²) < 4.78 is 15.7. The molecule has 1 N–H and O–H groups in total. The standard InChI is InChI=1S/C23H26N2O.CH3F.2CH2O/c1-17-2-4-18(5-3-17)15-25-21-7-10-22(11-8-21)26-23-9-6-20-16-24-13-12-19(20)14-23;3*1-2/h2-6,9,12-14,16,21-22,25H,7-8,10-11,15H2,1H3;1H3;2*1H2. The normalized spacial score (nSPS) is 16.8. The number of nitrogens with zero attached hydrogens (tertiary/aromatic N) is 1. The first-order chi connectivity index (χ1) is 15.8. The van der Waals surface area contributed by atoms with Crippen LogP contribution in [0.3, 0.4) is 0 Å². The Bertz CT molecular complexity index is 895. The third-order valence-electron chi connectivity index (χ3n) is 5.30. The molecule has 0 amide bonds. The lowest BCUT2D eigenvalue weighted by Gasteiger charge is -2.29. The molecule has 1 fully saturated rings. The summed E-state index contributed by atoms with van der Waals surface area (Å²) >= 11 is 0. The third kappa shape index (κ3) is 8.55. The number of alkyl halides is 1. The Hall–Kier alpha value is -3.12. The second-order valence-electron chi connectivity index (χ2n) is 7.34. The van der Waals surface area contributed by atoms with E-state index in [-0.39, 0.29) is 0 Å². The van der Waals surface area contributed by atoms with E-state index in [1.54, 1.807) is 0 Å². The molecule has 1 aromatic heterocycles. The molecule has 4 rings (SSSR count). The molecule has 172 valence electrons. The largest absolute Gasteiger partial charge is 0.490 e. The van der Waals surface area contributed by atoms with Gasteiger partial charge in [0.25, 0.3) is 0 Å². The second-order valence-corrected chi connectivity index (χ2v) is 7.34. The highest BCUT2D eigenvalue weighted by Crippen LogP contribution is 2.26. The molecule has 1 aliphatic carbocycles. The van der Waals surface area contributed by atoms with Gasteiger partial charge in [0.15, 0.2) is 0 Å². The summed E-state index contributed by atoms with van der Waals surface area (Å²) in [6.07, 6.45) is 8.62. The number of aromatic nitrogens is 1. The lowest BCUT2D eigenvalue weighted by Crippen LogP contribution is -2.35. The number of benzene rings is 2. The molecule has 0 atom stereocenters. The zero-order valence-corrected chi connectivity index (χ0v) is 18.9. The first-order valence-electron chi connectivity index (χ1n) is 10.5. The average molecular weight is 441 g/mol. The molecule has 3 aromatic rings. The summed E-state index contributed by atoms with van der Waals surface area (Å²) in [5.41, 5.74) is 2.68. The fraction of sp³-hybridized carbons (Fsp3) is 0.346. The fourth-order valence-corrected chi connectivity index (χ4v) is 3.68. The number of fused-ring (bicyclic) bond motifs is 1. The predicted octanol–water partition coefficient (Wildman–Crippen LogP) is 5.24. The van der Waals surface area contributed by atoms with Crippen molar-refractivity contribution in [2.24, 2.45) is 0 Å². The van der Waals surface area contributed by atoms with Gasteiger partial charge in [0, 0.05) is 30.4 Å². The highest BCUT2D eigenvalue weighted by Gasteiger charge is 2.22. The monoisotopic (exact) mass is 440 g/mol. The van der Waals surface area contributed by atoms with E-state index in [0.29, 0.717) is 19.3 Å². The van der Waals surface area contributed by atoms with Crippen molar-refractivity contribution in [3.8, 4) is 5.75 Å². The minimum absolute atomic E-state index is 0.326. The van der Waals surface area contributed by atoms with Gasteiger partial charge >= 0.3 is 0 Å². The summed E-state index contributed by atoms with van der Waals surface area (Å²) in [6, 6.07) is 17.7. The lowest BCUT2D eigenvalue weighted by atomic mass is 9.92. The number of ether oxygens (including phenoxy) is 1. The van der Waals surface area contributed by atoms with Crippen LogP contribution in [0.15, 0.2) is 60.9 Å². The summed E-state index contributed by atoms with van der Waals surface area (Å²) in [4.78, 5) is 20.2. The molecule has 0 unspecified atom stereocenters. The zero-order chi connectivity index (χ0) is 23.8. The van der Waals surface area contributed by atoms with Gasteiger partial charge in [-0.2, -0.15) is 0 Å². The van der Waals surface area contributed by atoms with Crippen molar-refractivity contribution in [2.45, 2.75) is 51.3 Å². The first-order valence-corrected chi connectivity index (χ1v) is 10.5. The van der Waals surface area contributed by atoms with E-state index in [9.17, 15) is 4.39 Å². The molecule has 1 saturated carbocycles. The molecular formula is C26H33FN2O3. The van der Waals surface area contributed by atoms with Crippen molar-refractivity contribution in [1.29, 1.82) is 0 Å². The Morgan fingerprint density at radius 1 is 0.938 bits per heavy atom. The van der Waals surface area contributed by atoms with Gasteiger partial charge in [-0.15, -0.1) is 0 Å². The summed E-state index contributed by atoms with van der Waals surface area (Å²) in [6.45, 7) is 7.08. The van der Waals surface area contributed by atoms with Crippen LogP contribution in [0.5, 0.6) is 5.75 Å². The Morgan fingerprint density at radius 3 is 2.25 bits per heavy atom. The topological polar surface area (TPSA) is 68.3 Å². The summed E-state index contributed by atoms with van der Waals surface area (Å²) in [5, 5.41) is 6.05. The molecule has 0 aliphatic heterocycles. The van der Waals surface area contributed by atoms with Crippen LogP contribution in [0.1, 0.15) is 36.8 Å². The van der Waals surface area contributed by atoms with Gasteiger partial charge in [-0.25, -0.2) is 0 Å². The van der Waals surface area contributed by atoms with E-state index < -0.39 is 0 Å². The van der Waals surface area contributed by atoms with Crippen LogP contribution in [0.25, 0.3) is 10.8 Å². The molecule has 2 aromatic carbocycles. The molecule has 1 heterocycles. The minimum Gasteiger partial charge on any atom is -0.490 e. The van der Waals surface area contributed by atoms with E-state index in [2.05, 4.69) is 59.7 Å². The fourth-order valence-electron chi connectivity index (χ4n) is 3.68. The van der Waals surface area contributed by atoms with Crippen LogP contribution in [0.2, 0.25) is 0 Å². The molecule has 0 radical (unpaired) electrons. The van der Waals surface area contributed by atoms with Crippen LogP contribution >= 0.6 is 0 Å². The quantitative estimate of drug-likeness (QED) is 0.588. The van der Waals surface area contributed by atoms with Crippen LogP contribution in [-0.2, 0) is 16.1 Å². The van der Waals surface area contributed by atoms with Gasteiger partial charge in [-0.1, -0.05) is 29.8 Å². The highest BCUT2D eigenvalue weighted by atomic mass is 19.1. The second kappa shape index (κ2) is 15.6. The van der Waals surface area contributed by atoms with E-state index in [0.717, 1.165) is 30.5 Å². The first kappa shape index (κ1) is 26.9. The van der Waals surface area contributed by atoms with E-state index >= 15 is 0 Å². The van der Waals surface area contributed by atoms with E-state index in [1.165, 1.54) is 29.4 Å². The van der Waals surface area contributed by atoms with Gasteiger partial charge in [-0.05, 0) is 67.8 Å². The third-order valence-corrected chi connectivity index (χ3v) is 5.30. The molecule has 5 nitrogen and oxygen atoms in total. The number of carbonyl (C=O) groups excluding carboxylic acids is 2. The molecule has 6 heteroatoms. The van der Waals surface area contributed by atoms with E-state index in [4.69, 9.17) is 14.3 Å². The maximum atomic E-state index is 9.50. The van der Waals surface area contributed by atoms with Crippen molar-refractivity contribution in [3.63, 3.8) is 0 Å². The van der Waals surface area contributed by atoms with E-state index in [1.807, 2.05) is 32.0 Å². The molecule has 1 aliphatic rings. The van der Waals surface area contributed by atoms with Crippen LogP contribution in [0, 0.1) is 6.92 Å². The Labute approximate surface area is 190 Å². The minimum atomic E-state index is 0.326. The maximum absolute atomic E-state index is 9.50. The summed E-state index contributed by atoms with van der Waals surface area (Å²) in [7, 11) is 0.500. The van der Waals surface area contributed by atoms with Crippen LogP contribution in [0.4, 0.5) is 4.39 Å². The molecule has 0 saturated heterocycles. The number of aryl methyl sites for hydroxylation is 1. The van der Waals surface area contributed by atoms with Gasteiger partial charge in [0.1, 0.15) is 19.3 Å². The highest BCUT2D eigenvalue weighted by molar-refractivity contribution is 5.82. The Kier molecular flexibility index (Phi) is 13.2. The number of rotatable bonds is 5. The number of carbonyl (C=O) groups is 2. The number of nitrogens with one attached hydrogen (secondary N) is 1. The van der Waals surface area contributed by atoms with Crippen molar-refractivity contribution in [2.75, 3.05) is 7.18 Å². The van der Waals surface area contributed by atoms with Crippen LogP contribution < -0.4 is 10.1 Å². The SMILES string of the molecule is C=O.C=O.CF.Cc1ccc(CNC2CCC(Oc3ccc4cnccc4c3)CC2)cc1. The molecule has 0 spiro atoms. The van der Waals surface area contributed by atoms with Gasteiger partial charge in [0.2, 0.25) is 0 Å². The molecule has 0 bridgehead atoms. The van der Waals surface area contributed by atoms with Gasteiger partial charge < -0.3 is 19.6 Å². The Balaban J connectivity index is 0.000000789. The molecule has 32 heavy (non-hydrogen) atoms. The number of pyridine rings is 1. The molecular weight excluding hydrogens is 407 g/mol. The average Bonchev–Trinajstić information content (AvgIpc) is 2.88.